The molecule has 3 heterocycles. The van der Waals surface area contributed by atoms with Crippen LogP contribution in [0.25, 0.3) is 21.8 Å². The van der Waals surface area contributed by atoms with Crippen LogP contribution in [0.15, 0.2) is 66.6 Å². The Morgan fingerprint density at radius 2 is 1.97 bits per heavy atom. The van der Waals surface area contributed by atoms with Crippen molar-refractivity contribution in [2.75, 3.05) is 44.0 Å². The Kier molecular flexibility index (Phi) is 6.51. The minimum atomic E-state index is -0.107. The van der Waals surface area contributed by atoms with Crippen molar-refractivity contribution < 1.29 is 9.53 Å². The van der Waals surface area contributed by atoms with Crippen molar-refractivity contribution in [1.29, 1.82) is 0 Å². The summed E-state index contributed by atoms with van der Waals surface area (Å²) < 4.78 is 5.15. The number of methoxy groups -OCH3 is 1. The van der Waals surface area contributed by atoms with Gasteiger partial charge in [0.25, 0.3) is 0 Å². The van der Waals surface area contributed by atoms with Gasteiger partial charge < -0.3 is 25.3 Å². The van der Waals surface area contributed by atoms with Crippen molar-refractivity contribution in [3.63, 3.8) is 0 Å². The molecule has 2 aromatic carbocycles. The lowest BCUT2D eigenvalue weighted by molar-refractivity contribution is -0.112. The van der Waals surface area contributed by atoms with Gasteiger partial charge in [-0.15, -0.1) is 0 Å². The lowest BCUT2D eigenvalue weighted by atomic mass is 10.0. The smallest absolute Gasteiger partial charge is 0.248 e. The second-order valence-corrected chi connectivity index (χ2v) is 8.49. The van der Waals surface area contributed by atoms with E-state index in [4.69, 9.17) is 4.74 Å². The average Bonchev–Trinajstić information content (AvgIpc) is 3.32. The first-order chi connectivity index (χ1) is 16.7. The van der Waals surface area contributed by atoms with E-state index in [0.717, 1.165) is 66.6 Å². The van der Waals surface area contributed by atoms with Crippen molar-refractivity contribution in [2.45, 2.75) is 12.8 Å². The summed E-state index contributed by atoms with van der Waals surface area (Å²) in [6.45, 7) is 3.59. The van der Waals surface area contributed by atoms with Gasteiger partial charge in [0.05, 0.1) is 12.1 Å². The number of anilines is 3. The van der Waals surface area contributed by atoms with Crippen LogP contribution in [-0.4, -0.2) is 59.1 Å². The van der Waals surface area contributed by atoms with Crippen LogP contribution >= 0.6 is 0 Å². The van der Waals surface area contributed by atoms with E-state index < -0.39 is 0 Å². The van der Waals surface area contributed by atoms with Gasteiger partial charge in [0.15, 0.2) is 0 Å². The minimum absolute atomic E-state index is 0.107. The van der Waals surface area contributed by atoms with Gasteiger partial charge in [-0.2, -0.15) is 0 Å². The molecule has 8 heteroatoms. The van der Waals surface area contributed by atoms with Crippen molar-refractivity contribution in [2.24, 2.45) is 0 Å². The number of benzene rings is 2. The van der Waals surface area contributed by atoms with E-state index in [9.17, 15) is 4.79 Å². The number of amides is 1. The highest BCUT2D eigenvalue weighted by atomic mass is 16.5. The largest absolute Gasteiger partial charge is 0.383 e. The molecule has 8 nitrogen and oxygen atoms in total. The summed E-state index contributed by atoms with van der Waals surface area (Å²) in [6, 6.07) is 13.8. The third-order valence-electron chi connectivity index (χ3n) is 6.16. The molecule has 34 heavy (non-hydrogen) atoms. The monoisotopic (exact) mass is 456 g/mol. The molecule has 1 fully saturated rings. The van der Waals surface area contributed by atoms with E-state index in [1.165, 1.54) is 5.57 Å². The van der Waals surface area contributed by atoms with Gasteiger partial charge in [-0.1, -0.05) is 5.57 Å². The Bertz CT molecular complexity index is 1340. The highest BCUT2D eigenvalue weighted by Crippen LogP contribution is 2.27. The predicted molar refractivity (Wildman–Crippen MR) is 135 cm³/mol. The van der Waals surface area contributed by atoms with Gasteiger partial charge in [-0.3, -0.25) is 4.79 Å². The molecule has 1 aliphatic heterocycles. The van der Waals surface area contributed by atoms with Crippen LogP contribution in [0.3, 0.4) is 0 Å². The van der Waals surface area contributed by atoms with E-state index in [-0.39, 0.29) is 5.91 Å². The zero-order chi connectivity index (χ0) is 23.3. The van der Waals surface area contributed by atoms with Crippen molar-refractivity contribution in [3.8, 4) is 0 Å². The Morgan fingerprint density at radius 1 is 1.12 bits per heavy atom. The molecule has 0 radical (unpaired) electrons. The molecule has 0 bridgehead atoms. The first kappa shape index (κ1) is 22.1. The third kappa shape index (κ3) is 5.08. The normalized spacial score (nSPS) is 14.4. The third-order valence-corrected chi connectivity index (χ3v) is 6.16. The van der Waals surface area contributed by atoms with Crippen LogP contribution in [0.4, 0.5) is 17.2 Å². The maximum absolute atomic E-state index is 12.7. The van der Waals surface area contributed by atoms with Crippen molar-refractivity contribution >= 4 is 44.9 Å². The molecule has 1 amide bonds. The highest BCUT2D eigenvalue weighted by molar-refractivity contribution is 6.02. The predicted octanol–water partition coefficient (Wildman–Crippen LogP) is 4.46. The Morgan fingerprint density at radius 3 is 2.82 bits per heavy atom. The number of carbonyl (C=O) groups excluding carboxylic acids is 1. The van der Waals surface area contributed by atoms with E-state index in [2.05, 4.69) is 36.6 Å². The lowest BCUT2D eigenvalue weighted by Gasteiger charge is -2.27. The van der Waals surface area contributed by atoms with Crippen LogP contribution in [0.2, 0.25) is 0 Å². The van der Waals surface area contributed by atoms with Gasteiger partial charge in [0, 0.05) is 66.7 Å². The Balaban J connectivity index is 1.29. The number of aromatic amines is 1. The minimum Gasteiger partial charge on any atom is -0.383 e. The molecule has 0 unspecified atom stereocenters. The number of carbonyl (C=O) groups is 1. The molecule has 2 aromatic heterocycles. The molecule has 0 spiro atoms. The number of rotatable bonds is 7. The van der Waals surface area contributed by atoms with Crippen LogP contribution < -0.4 is 10.6 Å². The zero-order valence-corrected chi connectivity index (χ0v) is 19.2. The van der Waals surface area contributed by atoms with Gasteiger partial charge >= 0.3 is 0 Å². The topological polar surface area (TPSA) is 95.2 Å². The second-order valence-electron chi connectivity index (χ2n) is 8.49. The molecule has 1 aliphatic rings. The Labute approximate surface area is 198 Å². The maximum Gasteiger partial charge on any atom is 0.248 e. The fourth-order valence-corrected chi connectivity index (χ4v) is 4.29. The summed E-state index contributed by atoms with van der Waals surface area (Å²) in [7, 11) is 1.72. The number of likely N-dealkylation sites (tertiary alicyclic amines) is 1. The summed E-state index contributed by atoms with van der Waals surface area (Å²) >= 11 is 0. The van der Waals surface area contributed by atoms with E-state index >= 15 is 0 Å². The Hall–Kier alpha value is -3.75. The fraction of sp³-hybridized carbons (Fsp3) is 0.269. The van der Waals surface area contributed by atoms with E-state index in [0.29, 0.717) is 11.5 Å². The number of H-pyrrole nitrogens is 1. The van der Waals surface area contributed by atoms with Gasteiger partial charge in [0.1, 0.15) is 12.1 Å². The molecule has 0 atom stereocenters. The molecular formula is C26H28N6O2. The van der Waals surface area contributed by atoms with Crippen molar-refractivity contribution in [3.05, 3.63) is 66.6 Å². The SMILES string of the molecule is COCCN1CCC(=CC(=O)Nc2ccc3ncnc(Nc4ccc5[nH]ccc5c4)c3c2)CC1. The lowest BCUT2D eigenvalue weighted by Crippen LogP contribution is -2.33. The molecule has 4 aromatic rings. The number of ether oxygens (including phenoxy) is 1. The highest BCUT2D eigenvalue weighted by Gasteiger charge is 2.15. The molecule has 0 aliphatic carbocycles. The quantitative estimate of drug-likeness (QED) is 0.356. The van der Waals surface area contributed by atoms with Crippen LogP contribution in [-0.2, 0) is 9.53 Å². The number of nitrogens with one attached hydrogen (secondary N) is 3. The average molecular weight is 457 g/mol. The number of nitrogens with zero attached hydrogens (tertiary/aromatic N) is 3. The maximum atomic E-state index is 12.7. The van der Waals surface area contributed by atoms with Crippen LogP contribution in [0.1, 0.15) is 12.8 Å². The van der Waals surface area contributed by atoms with Crippen LogP contribution in [0, 0.1) is 0 Å². The summed E-state index contributed by atoms with van der Waals surface area (Å²) in [4.78, 5) is 27.1. The van der Waals surface area contributed by atoms with Gasteiger partial charge in [0.2, 0.25) is 5.91 Å². The van der Waals surface area contributed by atoms with E-state index in [1.807, 2.05) is 42.6 Å². The molecule has 174 valence electrons. The molecular weight excluding hydrogens is 428 g/mol. The fourth-order valence-electron chi connectivity index (χ4n) is 4.29. The molecule has 5 rings (SSSR count). The van der Waals surface area contributed by atoms with Gasteiger partial charge in [-0.05, 0) is 55.3 Å². The summed E-state index contributed by atoms with van der Waals surface area (Å²) in [5, 5.41) is 8.35. The van der Waals surface area contributed by atoms with Crippen LogP contribution in [0.5, 0.6) is 0 Å². The zero-order valence-electron chi connectivity index (χ0n) is 19.2. The standard InChI is InChI=1S/C26H28N6O2/c1-34-13-12-32-10-7-18(8-11-32)14-25(33)30-21-3-5-24-22(16-21)26(29-17-28-24)31-20-2-4-23-19(15-20)6-9-27-23/h2-6,9,14-17,27H,7-8,10-13H2,1H3,(H,30,33)(H,28,29,31). The number of hydrogen-bond donors (Lipinski definition) is 3. The summed E-state index contributed by atoms with van der Waals surface area (Å²) in [5.41, 5.74) is 4.71. The molecule has 3 N–H and O–H groups in total. The summed E-state index contributed by atoms with van der Waals surface area (Å²) in [5.74, 6) is 0.585. The number of fused-ring (bicyclic) bond motifs is 2. The first-order valence-corrected chi connectivity index (χ1v) is 11.5. The number of piperidine rings is 1. The second kappa shape index (κ2) is 10.0. The number of aromatic nitrogens is 3. The van der Waals surface area contributed by atoms with Gasteiger partial charge in [-0.25, -0.2) is 9.97 Å². The summed E-state index contributed by atoms with van der Waals surface area (Å²) in [6.07, 6.45) is 7.01. The number of hydrogen-bond acceptors (Lipinski definition) is 6. The van der Waals surface area contributed by atoms with Crippen molar-refractivity contribution in [1.82, 2.24) is 19.9 Å². The molecule has 0 saturated carbocycles. The molecule has 1 saturated heterocycles. The van der Waals surface area contributed by atoms with E-state index in [1.54, 1.807) is 19.5 Å². The first-order valence-electron chi connectivity index (χ1n) is 11.5.